The van der Waals surface area contributed by atoms with E-state index < -0.39 is 67.1 Å². The molecule has 1 aromatic heterocycles. The molecule has 1 unspecified atom stereocenters. The molecule has 2 rings (SSSR count). The number of nitrogens with zero attached hydrogens (tertiary/aromatic N) is 3. The van der Waals surface area contributed by atoms with Crippen LogP contribution in [-0.4, -0.2) is 20.4 Å². The minimum atomic E-state index is -4.81. The van der Waals surface area contributed by atoms with Crippen LogP contribution in [0.25, 0.3) is 5.69 Å². The minimum absolute atomic E-state index is 0.396. The van der Waals surface area contributed by atoms with E-state index in [0.717, 1.165) is 6.92 Å². The summed E-state index contributed by atoms with van der Waals surface area (Å²) in [5.41, 5.74) is -7.57. The molecular weight excluding hydrogens is 443 g/mol. The number of alkyl halides is 6. The van der Waals surface area contributed by atoms with Crippen molar-refractivity contribution in [2.75, 3.05) is 0 Å². The molecule has 13 heteroatoms. The molecule has 0 radical (unpaired) electrons. The van der Waals surface area contributed by atoms with Gasteiger partial charge in [0.1, 0.15) is 11.8 Å². The normalized spacial score (nSPS) is 13.5. The molecule has 1 N–H and O–H groups in total. The number of aliphatic hydroxyl groups excluding tert-OH is 1. The Morgan fingerprint density at radius 3 is 2.07 bits per heavy atom. The van der Waals surface area contributed by atoms with Crippen LogP contribution < -0.4 is 0 Å². The second-order valence-electron chi connectivity index (χ2n) is 5.10. The second-order valence-corrected chi connectivity index (χ2v) is 6.99. The molecule has 0 spiro atoms. The highest BCUT2D eigenvalue weighted by molar-refractivity contribution is 8.00. The maximum absolute atomic E-state index is 12.8. The summed E-state index contributed by atoms with van der Waals surface area (Å²) in [6.07, 6.45) is -6.34. The fourth-order valence-electron chi connectivity index (χ4n) is 2.17. The Balaban J connectivity index is 2.79. The van der Waals surface area contributed by atoms with Gasteiger partial charge in [-0.15, -0.1) is 0 Å². The van der Waals surface area contributed by atoms with Gasteiger partial charge in [-0.1, -0.05) is 23.2 Å². The van der Waals surface area contributed by atoms with Crippen LogP contribution in [0.2, 0.25) is 10.0 Å². The number of aromatic nitrogens is 2. The molecule has 27 heavy (non-hydrogen) atoms. The number of nitriles is 1. The first kappa shape index (κ1) is 21.7. The third kappa shape index (κ3) is 4.63. The molecule has 0 aliphatic carbocycles. The lowest BCUT2D eigenvalue weighted by atomic mass is 10.2. The van der Waals surface area contributed by atoms with Gasteiger partial charge in [-0.3, -0.25) is 0 Å². The van der Waals surface area contributed by atoms with Gasteiger partial charge in [0.15, 0.2) is 5.69 Å². The molecule has 0 bridgehead atoms. The highest BCUT2D eigenvalue weighted by Gasteiger charge is 2.37. The van der Waals surface area contributed by atoms with Gasteiger partial charge in [0.2, 0.25) is 0 Å². The summed E-state index contributed by atoms with van der Waals surface area (Å²) in [7, 11) is 0. The highest BCUT2D eigenvalue weighted by atomic mass is 35.5. The molecule has 0 saturated heterocycles. The van der Waals surface area contributed by atoms with Crippen LogP contribution in [0.15, 0.2) is 17.0 Å². The molecule has 1 aromatic carbocycles. The fraction of sp³-hybridized carbons (Fsp3) is 0.286. The maximum atomic E-state index is 12.8. The summed E-state index contributed by atoms with van der Waals surface area (Å²) in [5.74, 6) is 0. The van der Waals surface area contributed by atoms with Gasteiger partial charge in [-0.25, -0.2) is 4.68 Å². The van der Waals surface area contributed by atoms with Crippen LogP contribution in [0, 0.1) is 11.3 Å². The average Bonchev–Trinajstić information content (AvgIpc) is 2.81. The van der Waals surface area contributed by atoms with Gasteiger partial charge >= 0.3 is 11.7 Å². The summed E-state index contributed by atoms with van der Waals surface area (Å²) in [6, 6.07) is 2.47. The van der Waals surface area contributed by atoms with Crippen LogP contribution >= 0.6 is 35.0 Å². The van der Waals surface area contributed by atoms with Gasteiger partial charge in [0.25, 0.3) is 0 Å². The lowest BCUT2D eigenvalue weighted by Gasteiger charge is -2.16. The second kappa shape index (κ2) is 7.43. The monoisotopic (exact) mass is 449 g/mol. The van der Waals surface area contributed by atoms with Crippen molar-refractivity contribution in [2.24, 2.45) is 0 Å². The molecule has 1 heterocycles. The zero-order valence-corrected chi connectivity index (χ0v) is 15.3. The number of halogens is 8. The summed E-state index contributed by atoms with van der Waals surface area (Å²) < 4.78 is 77.6. The number of thioether (sulfide) groups is 1. The van der Waals surface area contributed by atoms with Crippen molar-refractivity contribution in [3.8, 4) is 11.8 Å². The smallest absolute Gasteiger partial charge is 0.387 e. The van der Waals surface area contributed by atoms with Crippen molar-refractivity contribution in [1.82, 2.24) is 9.78 Å². The van der Waals surface area contributed by atoms with E-state index in [-0.39, 0.29) is 0 Å². The largest absolute Gasteiger partial charge is 0.446 e. The lowest BCUT2D eigenvalue weighted by Crippen LogP contribution is -2.10. The molecule has 0 aliphatic rings. The minimum Gasteiger partial charge on any atom is -0.387 e. The van der Waals surface area contributed by atoms with E-state index in [1.54, 1.807) is 0 Å². The predicted octanol–water partition coefficient (Wildman–Crippen LogP) is 5.73. The van der Waals surface area contributed by atoms with E-state index in [4.69, 9.17) is 28.5 Å². The van der Waals surface area contributed by atoms with E-state index in [0.29, 0.717) is 16.8 Å². The van der Waals surface area contributed by atoms with E-state index >= 15 is 0 Å². The van der Waals surface area contributed by atoms with Gasteiger partial charge in [-0.2, -0.15) is 36.7 Å². The molecule has 0 saturated carbocycles. The Kier molecular flexibility index (Phi) is 5.96. The first-order chi connectivity index (χ1) is 12.3. The Morgan fingerprint density at radius 1 is 1.19 bits per heavy atom. The molecule has 0 aliphatic heterocycles. The van der Waals surface area contributed by atoms with Crippen LogP contribution in [-0.2, 0) is 6.18 Å². The number of rotatable bonds is 3. The molecular formula is C14H7Cl2F6N3OS. The SMILES string of the molecule is CC(O)c1c(SC(F)(F)F)c(C#N)nn1-c1c(Cl)cc(C(F)(F)F)cc1Cl. The third-order valence-corrected chi connectivity index (χ3v) is 4.57. The van der Waals surface area contributed by atoms with Crippen molar-refractivity contribution >= 4 is 35.0 Å². The summed E-state index contributed by atoms with van der Waals surface area (Å²) in [6.45, 7) is 1.10. The first-order valence-corrected chi connectivity index (χ1v) is 8.37. The van der Waals surface area contributed by atoms with Gasteiger partial charge < -0.3 is 5.11 Å². The zero-order chi connectivity index (χ0) is 20.7. The Hall–Kier alpha value is -1.61. The average molecular weight is 450 g/mol. The van der Waals surface area contributed by atoms with Crippen LogP contribution in [0.3, 0.4) is 0 Å². The Labute approximate surface area is 162 Å². The van der Waals surface area contributed by atoms with Gasteiger partial charge in [0, 0.05) is 0 Å². The van der Waals surface area contributed by atoms with E-state index in [9.17, 15) is 31.4 Å². The fourth-order valence-corrected chi connectivity index (χ4v) is 3.60. The molecule has 1 atom stereocenters. The standard InChI is InChI=1S/C14H7Cl2F6N3OS/c1-5(26)10-12(27-14(20,21)22)9(4-23)24-25(10)11-7(15)2-6(3-8(11)16)13(17,18)19/h2-3,5,26H,1H3. The molecule has 146 valence electrons. The van der Waals surface area contributed by atoms with E-state index in [1.807, 2.05) is 0 Å². The van der Waals surface area contributed by atoms with Crippen molar-refractivity contribution < 1.29 is 31.4 Å². The third-order valence-electron chi connectivity index (χ3n) is 3.15. The van der Waals surface area contributed by atoms with E-state index in [2.05, 4.69) is 5.10 Å². The van der Waals surface area contributed by atoms with Crippen LogP contribution in [0.5, 0.6) is 0 Å². The van der Waals surface area contributed by atoms with Crippen molar-refractivity contribution in [1.29, 1.82) is 5.26 Å². The quantitative estimate of drug-likeness (QED) is 0.479. The van der Waals surface area contributed by atoms with E-state index in [1.165, 1.54) is 6.07 Å². The number of hydrogen-bond donors (Lipinski definition) is 1. The topological polar surface area (TPSA) is 61.8 Å². The lowest BCUT2D eigenvalue weighted by molar-refractivity contribution is -0.137. The highest BCUT2D eigenvalue weighted by Crippen LogP contribution is 2.44. The number of hydrogen-bond acceptors (Lipinski definition) is 4. The number of aliphatic hydroxyl groups is 1. The van der Waals surface area contributed by atoms with Crippen LogP contribution in [0.1, 0.15) is 30.0 Å². The molecule has 4 nitrogen and oxygen atoms in total. The van der Waals surface area contributed by atoms with Gasteiger partial charge in [0.05, 0.1) is 32.3 Å². The van der Waals surface area contributed by atoms with Crippen LogP contribution in [0.4, 0.5) is 26.3 Å². The Morgan fingerprint density at radius 2 is 1.70 bits per heavy atom. The summed E-state index contributed by atoms with van der Waals surface area (Å²) in [5, 5.41) is 21.5. The molecule has 2 aromatic rings. The van der Waals surface area contributed by atoms with Gasteiger partial charge in [-0.05, 0) is 30.8 Å². The summed E-state index contributed by atoms with van der Waals surface area (Å²) in [4.78, 5) is -0.702. The molecule has 0 fully saturated rings. The predicted molar refractivity (Wildman–Crippen MR) is 85.8 cm³/mol. The first-order valence-electron chi connectivity index (χ1n) is 6.79. The Bertz CT molecular complexity index is 894. The zero-order valence-electron chi connectivity index (χ0n) is 13.0. The van der Waals surface area contributed by atoms with Crippen molar-refractivity contribution in [3.63, 3.8) is 0 Å². The summed E-state index contributed by atoms with van der Waals surface area (Å²) >= 11 is 11.0. The van der Waals surface area contributed by atoms with Crippen molar-refractivity contribution in [2.45, 2.75) is 29.6 Å². The maximum Gasteiger partial charge on any atom is 0.446 e. The van der Waals surface area contributed by atoms with Crippen molar-refractivity contribution in [3.05, 3.63) is 39.1 Å². The molecule has 0 amide bonds. The number of benzene rings is 1.